The highest BCUT2D eigenvalue weighted by Crippen LogP contribution is 2.39. The number of aliphatic hydroxyl groups is 1. The molecule has 0 aliphatic heterocycles. The average molecular weight is 336 g/mol. The largest absolute Gasteiger partial charge is 0.466 e. The quantitative estimate of drug-likeness (QED) is 0.858. The Morgan fingerprint density at radius 1 is 1.35 bits per heavy atom. The van der Waals surface area contributed by atoms with Gasteiger partial charge in [0.1, 0.15) is 17.6 Å². The van der Waals surface area contributed by atoms with Crippen molar-refractivity contribution in [1.82, 2.24) is 0 Å². The van der Waals surface area contributed by atoms with E-state index in [9.17, 15) is 5.11 Å². The molecule has 0 fully saturated rings. The lowest BCUT2D eigenvalue weighted by Crippen LogP contribution is -1.99. The van der Waals surface area contributed by atoms with Gasteiger partial charge < -0.3 is 9.52 Å². The van der Waals surface area contributed by atoms with E-state index in [0.717, 1.165) is 31.3 Å². The fraction of sp³-hybridized carbons (Fsp3) is 0.333. The molecule has 0 bridgehead atoms. The summed E-state index contributed by atoms with van der Waals surface area (Å²) in [5.74, 6) is 1.60. The Bertz CT molecular complexity index is 540. The number of halogens is 2. The predicted octanol–water partition coefficient (Wildman–Crippen LogP) is 4.76. The number of aryl methyl sites for hydroxylation is 2. The first-order chi connectivity index (χ1) is 7.91. The third-order valence-electron chi connectivity index (χ3n) is 2.82. The molecular formula is C12H12BrClO2S. The monoisotopic (exact) mass is 334 g/mol. The molecular weight excluding hydrogens is 324 g/mol. The van der Waals surface area contributed by atoms with Gasteiger partial charge in [0.2, 0.25) is 0 Å². The van der Waals surface area contributed by atoms with E-state index < -0.39 is 6.10 Å². The summed E-state index contributed by atoms with van der Waals surface area (Å²) in [6.45, 7) is 5.72. The Balaban J connectivity index is 2.46. The van der Waals surface area contributed by atoms with E-state index in [1.165, 1.54) is 11.3 Å². The zero-order valence-electron chi connectivity index (χ0n) is 9.67. The number of rotatable bonds is 2. The van der Waals surface area contributed by atoms with Crippen molar-refractivity contribution in [2.24, 2.45) is 0 Å². The minimum Gasteiger partial charge on any atom is -0.466 e. The number of hydrogen-bond acceptors (Lipinski definition) is 3. The summed E-state index contributed by atoms with van der Waals surface area (Å²) >= 11 is 10.8. The van der Waals surface area contributed by atoms with Gasteiger partial charge in [-0.15, -0.1) is 11.3 Å². The SMILES string of the molecule is Cc1oc(C)c(C(O)c2cc(Cl)c(Br)s2)c1C. The lowest BCUT2D eigenvalue weighted by Gasteiger charge is -2.08. The van der Waals surface area contributed by atoms with Crippen LogP contribution in [-0.4, -0.2) is 5.11 Å². The first-order valence-electron chi connectivity index (χ1n) is 5.11. The van der Waals surface area contributed by atoms with E-state index in [2.05, 4.69) is 15.9 Å². The number of aliphatic hydroxyl groups excluding tert-OH is 1. The van der Waals surface area contributed by atoms with Crippen LogP contribution in [0.2, 0.25) is 5.02 Å². The van der Waals surface area contributed by atoms with Crippen LogP contribution in [0.1, 0.15) is 33.6 Å². The van der Waals surface area contributed by atoms with Crippen LogP contribution in [0.25, 0.3) is 0 Å². The van der Waals surface area contributed by atoms with Crippen molar-refractivity contribution >= 4 is 38.9 Å². The van der Waals surface area contributed by atoms with Crippen LogP contribution in [0.4, 0.5) is 0 Å². The number of furan rings is 1. The van der Waals surface area contributed by atoms with Crippen molar-refractivity contribution in [1.29, 1.82) is 0 Å². The molecule has 0 aliphatic carbocycles. The second-order valence-electron chi connectivity index (χ2n) is 3.93. The predicted molar refractivity (Wildman–Crippen MR) is 74.0 cm³/mol. The molecule has 0 aliphatic rings. The zero-order valence-corrected chi connectivity index (χ0v) is 12.8. The average Bonchev–Trinajstić information content (AvgIpc) is 2.70. The summed E-state index contributed by atoms with van der Waals surface area (Å²) in [6.07, 6.45) is -0.679. The van der Waals surface area contributed by atoms with Crippen molar-refractivity contribution in [3.05, 3.63) is 42.4 Å². The van der Waals surface area contributed by atoms with E-state index in [1.54, 1.807) is 6.07 Å². The van der Waals surface area contributed by atoms with Gasteiger partial charge in [0, 0.05) is 10.4 Å². The molecule has 92 valence electrons. The van der Waals surface area contributed by atoms with E-state index in [4.69, 9.17) is 16.0 Å². The maximum absolute atomic E-state index is 10.4. The second-order valence-corrected chi connectivity index (χ2v) is 6.73. The van der Waals surface area contributed by atoms with Gasteiger partial charge in [0.25, 0.3) is 0 Å². The number of thiophene rings is 1. The van der Waals surface area contributed by atoms with Crippen molar-refractivity contribution in [3.63, 3.8) is 0 Å². The molecule has 0 saturated heterocycles. The molecule has 2 aromatic rings. The molecule has 2 rings (SSSR count). The number of hydrogen-bond donors (Lipinski definition) is 1. The van der Waals surface area contributed by atoms with Gasteiger partial charge in [-0.25, -0.2) is 0 Å². The smallest absolute Gasteiger partial charge is 0.117 e. The van der Waals surface area contributed by atoms with Gasteiger partial charge in [0.15, 0.2) is 0 Å². The van der Waals surface area contributed by atoms with Crippen LogP contribution in [0, 0.1) is 20.8 Å². The first-order valence-corrected chi connectivity index (χ1v) is 7.09. The van der Waals surface area contributed by atoms with E-state index in [1.807, 2.05) is 20.8 Å². The van der Waals surface area contributed by atoms with Crippen molar-refractivity contribution in [2.75, 3.05) is 0 Å². The van der Waals surface area contributed by atoms with E-state index >= 15 is 0 Å². The van der Waals surface area contributed by atoms with Crippen molar-refractivity contribution in [2.45, 2.75) is 26.9 Å². The Kier molecular flexibility index (Phi) is 3.69. The Morgan fingerprint density at radius 2 is 2.00 bits per heavy atom. The maximum atomic E-state index is 10.4. The van der Waals surface area contributed by atoms with Crippen LogP contribution in [-0.2, 0) is 0 Å². The molecule has 2 heterocycles. The molecule has 1 atom stereocenters. The third-order valence-corrected chi connectivity index (χ3v) is 5.35. The van der Waals surface area contributed by atoms with Crippen molar-refractivity contribution in [3.8, 4) is 0 Å². The second kappa shape index (κ2) is 4.76. The molecule has 0 amide bonds. The summed E-state index contributed by atoms with van der Waals surface area (Å²) in [5, 5.41) is 11.0. The summed E-state index contributed by atoms with van der Waals surface area (Å²) in [4.78, 5) is 0.814. The molecule has 1 unspecified atom stereocenters. The summed E-state index contributed by atoms with van der Waals surface area (Å²) < 4.78 is 6.36. The van der Waals surface area contributed by atoms with Gasteiger partial charge in [-0.2, -0.15) is 0 Å². The highest BCUT2D eigenvalue weighted by Gasteiger charge is 2.22. The van der Waals surface area contributed by atoms with Gasteiger partial charge in [-0.3, -0.25) is 0 Å². The summed E-state index contributed by atoms with van der Waals surface area (Å²) in [6, 6.07) is 1.78. The normalized spacial score (nSPS) is 13.1. The molecule has 0 radical (unpaired) electrons. The molecule has 0 saturated carbocycles. The molecule has 0 spiro atoms. The Hall–Kier alpha value is -0.290. The van der Waals surface area contributed by atoms with Gasteiger partial charge in [0.05, 0.1) is 8.81 Å². The lowest BCUT2D eigenvalue weighted by molar-refractivity contribution is 0.221. The van der Waals surface area contributed by atoms with E-state index in [-0.39, 0.29) is 0 Å². The van der Waals surface area contributed by atoms with Crippen LogP contribution in [0.5, 0.6) is 0 Å². The minimum absolute atomic E-state index is 0.625. The molecule has 5 heteroatoms. The van der Waals surface area contributed by atoms with Crippen molar-refractivity contribution < 1.29 is 9.52 Å². The molecule has 17 heavy (non-hydrogen) atoms. The topological polar surface area (TPSA) is 33.4 Å². The lowest BCUT2D eigenvalue weighted by atomic mass is 10.0. The fourth-order valence-electron chi connectivity index (χ4n) is 1.85. The molecule has 0 aromatic carbocycles. The van der Waals surface area contributed by atoms with Gasteiger partial charge in [-0.05, 0) is 48.3 Å². The van der Waals surface area contributed by atoms with Gasteiger partial charge in [-0.1, -0.05) is 11.6 Å². The first kappa shape index (κ1) is 13.1. The Morgan fingerprint density at radius 3 is 2.41 bits per heavy atom. The fourth-order valence-corrected chi connectivity index (χ4v) is 3.60. The van der Waals surface area contributed by atoms with Crippen LogP contribution >= 0.6 is 38.9 Å². The van der Waals surface area contributed by atoms with Crippen LogP contribution in [0.3, 0.4) is 0 Å². The van der Waals surface area contributed by atoms with Crippen LogP contribution in [0.15, 0.2) is 14.3 Å². The highest BCUT2D eigenvalue weighted by molar-refractivity contribution is 9.11. The zero-order chi connectivity index (χ0) is 12.7. The molecule has 1 N–H and O–H groups in total. The summed E-state index contributed by atoms with van der Waals surface area (Å²) in [5.41, 5.74) is 1.84. The highest BCUT2D eigenvalue weighted by atomic mass is 79.9. The molecule has 2 nitrogen and oxygen atoms in total. The maximum Gasteiger partial charge on any atom is 0.117 e. The standard InChI is InChI=1S/C12H12BrClO2S/c1-5-6(2)16-7(3)10(5)11(15)9-4-8(14)12(13)17-9/h4,11,15H,1-3H3. The molecule has 2 aromatic heterocycles. The Labute approximate surface area is 117 Å². The summed E-state index contributed by atoms with van der Waals surface area (Å²) in [7, 11) is 0. The van der Waals surface area contributed by atoms with Gasteiger partial charge >= 0.3 is 0 Å². The van der Waals surface area contributed by atoms with E-state index in [0.29, 0.717) is 5.02 Å². The third kappa shape index (κ3) is 2.32. The minimum atomic E-state index is -0.679. The van der Waals surface area contributed by atoms with Crippen LogP contribution < -0.4 is 0 Å².